The van der Waals surface area contributed by atoms with Gasteiger partial charge in [0.15, 0.2) is 0 Å². The van der Waals surface area contributed by atoms with E-state index in [0.717, 1.165) is 18.4 Å². The molecule has 1 unspecified atom stereocenters. The number of aryl methyl sites for hydroxylation is 1. The molecule has 1 amide bonds. The van der Waals surface area contributed by atoms with Crippen molar-refractivity contribution in [3.05, 3.63) is 65.0 Å². The van der Waals surface area contributed by atoms with Crippen molar-refractivity contribution < 1.29 is 22.3 Å². The summed E-state index contributed by atoms with van der Waals surface area (Å²) in [5.74, 6) is -0.470. The van der Waals surface area contributed by atoms with Crippen LogP contribution in [0.5, 0.6) is 0 Å². The molecule has 2 aromatic carbocycles. The number of likely N-dealkylation sites (tertiary alicyclic amines) is 1. The predicted molar refractivity (Wildman–Crippen MR) is 115 cm³/mol. The van der Waals surface area contributed by atoms with Gasteiger partial charge in [0.25, 0.3) is 5.91 Å². The minimum atomic E-state index is -3.70. The van der Waals surface area contributed by atoms with Gasteiger partial charge < -0.3 is 9.64 Å². The second-order valence-corrected chi connectivity index (χ2v) is 10.0. The van der Waals surface area contributed by atoms with Gasteiger partial charge in [0.05, 0.1) is 18.1 Å². The Labute approximate surface area is 182 Å². The van der Waals surface area contributed by atoms with E-state index in [1.807, 2.05) is 6.07 Å². The summed E-state index contributed by atoms with van der Waals surface area (Å²) < 4.78 is 46.5. The molecule has 2 aliphatic rings. The molecule has 2 fully saturated rings. The summed E-state index contributed by atoms with van der Waals surface area (Å²) in [6.45, 7) is 3.70. The number of benzene rings is 2. The fourth-order valence-corrected chi connectivity index (χ4v) is 6.01. The molecule has 31 heavy (non-hydrogen) atoms. The Balaban J connectivity index is 1.57. The third kappa shape index (κ3) is 4.66. The fraction of sp³-hybridized carbons (Fsp3) is 0.435. The van der Waals surface area contributed by atoms with Crippen LogP contribution in [0.4, 0.5) is 4.39 Å². The first kappa shape index (κ1) is 21.9. The molecule has 4 rings (SSSR count). The number of morpholine rings is 1. The van der Waals surface area contributed by atoms with Crippen LogP contribution in [0.3, 0.4) is 0 Å². The van der Waals surface area contributed by atoms with Crippen LogP contribution in [0.15, 0.2) is 47.4 Å². The molecule has 8 heteroatoms. The summed E-state index contributed by atoms with van der Waals surface area (Å²) in [7, 11) is -3.70. The van der Waals surface area contributed by atoms with Crippen LogP contribution in [0, 0.1) is 12.7 Å². The van der Waals surface area contributed by atoms with E-state index >= 15 is 0 Å². The molecular formula is C23H27FN2O4S. The third-order valence-corrected chi connectivity index (χ3v) is 8.06. The molecule has 1 atom stereocenters. The van der Waals surface area contributed by atoms with Crippen LogP contribution in [0.1, 0.15) is 34.3 Å². The first-order valence-corrected chi connectivity index (χ1v) is 12.0. The molecule has 0 aliphatic carbocycles. The number of carbonyl (C=O) groups excluding carboxylic acids is 1. The molecule has 2 saturated heterocycles. The first-order valence-electron chi connectivity index (χ1n) is 10.6. The van der Waals surface area contributed by atoms with Crippen LogP contribution in [0.2, 0.25) is 0 Å². The summed E-state index contributed by atoms with van der Waals surface area (Å²) in [4.78, 5) is 15.3. The second-order valence-electron chi connectivity index (χ2n) is 8.13. The van der Waals surface area contributed by atoms with Crippen molar-refractivity contribution >= 4 is 15.9 Å². The number of nitrogens with zero attached hydrogens (tertiary/aromatic N) is 2. The van der Waals surface area contributed by atoms with E-state index in [4.69, 9.17) is 4.74 Å². The third-order valence-electron chi connectivity index (χ3n) is 6.02. The SMILES string of the molecule is Cc1ccc(C(=O)N2CCCC2Cc2cccc(F)c2)cc1S(=O)(=O)N1CCOCC1. The topological polar surface area (TPSA) is 66.9 Å². The Kier molecular flexibility index (Phi) is 6.41. The molecule has 166 valence electrons. The number of sulfonamides is 1. The quantitative estimate of drug-likeness (QED) is 0.708. The van der Waals surface area contributed by atoms with Gasteiger partial charge in [-0.05, 0) is 61.6 Å². The number of halogens is 1. The monoisotopic (exact) mass is 446 g/mol. The van der Waals surface area contributed by atoms with Gasteiger partial charge in [0.1, 0.15) is 5.82 Å². The van der Waals surface area contributed by atoms with Gasteiger partial charge in [-0.25, -0.2) is 12.8 Å². The van der Waals surface area contributed by atoms with Crippen molar-refractivity contribution in [2.45, 2.75) is 37.1 Å². The van der Waals surface area contributed by atoms with E-state index in [-0.39, 0.29) is 22.7 Å². The number of hydrogen-bond acceptors (Lipinski definition) is 4. The number of hydrogen-bond donors (Lipinski definition) is 0. The zero-order chi connectivity index (χ0) is 22.0. The number of amides is 1. The zero-order valence-electron chi connectivity index (χ0n) is 17.6. The molecule has 0 saturated carbocycles. The highest BCUT2D eigenvalue weighted by atomic mass is 32.2. The second kappa shape index (κ2) is 9.06. The smallest absolute Gasteiger partial charge is 0.254 e. The molecule has 0 radical (unpaired) electrons. The Morgan fingerprint density at radius 2 is 1.90 bits per heavy atom. The van der Waals surface area contributed by atoms with Gasteiger partial charge in [0.2, 0.25) is 10.0 Å². The molecule has 0 bridgehead atoms. The van der Waals surface area contributed by atoms with Gasteiger partial charge in [-0.2, -0.15) is 4.31 Å². The summed E-state index contributed by atoms with van der Waals surface area (Å²) >= 11 is 0. The molecule has 6 nitrogen and oxygen atoms in total. The van der Waals surface area contributed by atoms with Crippen LogP contribution in [0.25, 0.3) is 0 Å². The highest BCUT2D eigenvalue weighted by molar-refractivity contribution is 7.89. The van der Waals surface area contributed by atoms with Gasteiger partial charge in [0, 0.05) is 31.2 Å². The summed E-state index contributed by atoms with van der Waals surface area (Å²) in [6.07, 6.45) is 2.29. The molecule has 0 spiro atoms. The maximum atomic E-state index is 13.6. The zero-order valence-corrected chi connectivity index (χ0v) is 18.4. The lowest BCUT2D eigenvalue weighted by molar-refractivity contribution is 0.0727. The Hall–Kier alpha value is -2.29. The molecule has 2 heterocycles. The highest BCUT2D eigenvalue weighted by Gasteiger charge is 2.32. The van der Waals surface area contributed by atoms with Crippen molar-refractivity contribution in [2.75, 3.05) is 32.8 Å². The molecule has 0 N–H and O–H groups in total. The van der Waals surface area contributed by atoms with Gasteiger partial charge >= 0.3 is 0 Å². The predicted octanol–water partition coefficient (Wildman–Crippen LogP) is 3.00. The summed E-state index contributed by atoms with van der Waals surface area (Å²) in [5.41, 5.74) is 1.83. The number of carbonyl (C=O) groups is 1. The number of ether oxygens (including phenoxy) is 1. The average molecular weight is 447 g/mol. The van der Waals surface area contributed by atoms with Crippen LogP contribution >= 0.6 is 0 Å². The normalized spacial score (nSPS) is 20.2. The molecular weight excluding hydrogens is 419 g/mol. The lowest BCUT2D eigenvalue weighted by Gasteiger charge is -2.28. The molecule has 2 aliphatic heterocycles. The maximum Gasteiger partial charge on any atom is 0.254 e. The fourth-order valence-electron chi connectivity index (χ4n) is 4.35. The van der Waals surface area contributed by atoms with E-state index in [1.54, 1.807) is 30.0 Å². The molecule has 2 aromatic rings. The van der Waals surface area contributed by atoms with E-state index in [0.29, 0.717) is 50.4 Å². The first-order chi connectivity index (χ1) is 14.9. The highest BCUT2D eigenvalue weighted by Crippen LogP contribution is 2.27. The van der Waals surface area contributed by atoms with E-state index in [1.165, 1.54) is 22.5 Å². The minimum absolute atomic E-state index is 0.0325. The molecule has 0 aromatic heterocycles. The van der Waals surface area contributed by atoms with Crippen molar-refractivity contribution in [3.63, 3.8) is 0 Å². The van der Waals surface area contributed by atoms with Gasteiger partial charge in [-0.15, -0.1) is 0 Å². The van der Waals surface area contributed by atoms with Crippen LogP contribution in [-0.2, 0) is 21.2 Å². The van der Waals surface area contributed by atoms with E-state index in [2.05, 4.69) is 0 Å². The summed E-state index contributed by atoms with van der Waals surface area (Å²) in [5, 5.41) is 0. The van der Waals surface area contributed by atoms with E-state index < -0.39 is 10.0 Å². The van der Waals surface area contributed by atoms with E-state index in [9.17, 15) is 17.6 Å². The lowest BCUT2D eigenvalue weighted by Crippen LogP contribution is -2.41. The largest absolute Gasteiger partial charge is 0.379 e. The van der Waals surface area contributed by atoms with Crippen molar-refractivity contribution in [1.29, 1.82) is 0 Å². The summed E-state index contributed by atoms with van der Waals surface area (Å²) in [6, 6.07) is 11.3. The Bertz CT molecular complexity index is 1070. The van der Waals surface area contributed by atoms with Crippen LogP contribution < -0.4 is 0 Å². The maximum absolute atomic E-state index is 13.6. The average Bonchev–Trinajstić information content (AvgIpc) is 3.22. The van der Waals surface area contributed by atoms with Crippen molar-refractivity contribution in [3.8, 4) is 0 Å². The standard InChI is InChI=1S/C23H27FN2O4S/c1-17-7-8-19(16-22(17)31(28,29)25-10-12-30-13-11-25)23(27)26-9-3-6-21(26)15-18-4-2-5-20(24)14-18/h2,4-5,7-8,14,16,21H,3,6,9-13,15H2,1H3. The minimum Gasteiger partial charge on any atom is -0.379 e. The van der Waals surface area contributed by atoms with Gasteiger partial charge in [-0.1, -0.05) is 18.2 Å². The Morgan fingerprint density at radius 1 is 1.13 bits per heavy atom. The van der Waals surface area contributed by atoms with Crippen molar-refractivity contribution in [2.24, 2.45) is 0 Å². The number of rotatable bonds is 5. The van der Waals surface area contributed by atoms with Crippen molar-refractivity contribution in [1.82, 2.24) is 9.21 Å². The van der Waals surface area contributed by atoms with Crippen LogP contribution in [-0.4, -0.2) is 62.4 Å². The Morgan fingerprint density at radius 3 is 2.65 bits per heavy atom. The van der Waals surface area contributed by atoms with Gasteiger partial charge in [-0.3, -0.25) is 4.79 Å². The lowest BCUT2D eigenvalue weighted by atomic mass is 10.0.